The van der Waals surface area contributed by atoms with Gasteiger partial charge in [-0.1, -0.05) is 31.6 Å². The van der Waals surface area contributed by atoms with E-state index in [4.69, 9.17) is 4.98 Å². The molecule has 1 aliphatic carbocycles. The SMILES string of the molecule is CC(=O)n1nc(Nc2nc(CN(C)CCNS(=O)(=O)c3cccs3)ncc2C#C[Si](C)(C)C)cc1C1CC1. The molecule has 0 bridgehead atoms. The number of carbonyl (C=O) groups excluding carboxylic acids is 1. The Labute approximate surface area is 228 Å². The normalized spacial score (nSPS) is 13.8. The van der Waals surface area contributed by atoms with E-state index in [1.54, 1.807) is 23.7 Å². The fourth-order valence-corrected chi connectivity index (χ4v) is 6.18. The second-order valence-corrected chi connectivity index (χ2v) is 18.1. The zero-order chi connectivity index (χ0) is 27.5. The fourth-order valence-electron chi connectivity index (χ4n) is 3.62. The van der Waals surface area contributed by atoms with Crippen molar-refractivity contribution in [2.75, 3.05) is 25.5 Å². The number of nitrogens with one attached hydrogen (secondary N) is 2. The molecule has 2 N–H and O–H groups in total. The topological polar surface area (TPSA) is 122 Å². The molecular formula is C25H33N7O3S2Si. The maximum absolute atomic E-state index is 12.3. The largest absolute Gasteiger partial charge is 0.322 e. The highest BCUT2D eigenvalue weighted by Gasteiger charge is 2.29. The maximum Gasteiger partial charge on any atom is 0.250 e. The third-order valence-corrected chi connectivity index (χ3v) is 9.38. The Kier molecular flexibility index (Phi) is 8.48. The lowest BCUT2D eigenvalue weighted by Gasteiger charge is -2.16. The fraction of sp³-hybridized carbons (Fsp3) is 0.440. The lowest BCUT2D eigenvalue weighted by Crippen LogP contribution is -2.32. The van der Waals surface area contributed by atoms with Gasteiger partial charge in [-0.25, -0.2) is 27.8 Å². The van der Waals surface area contributed by atoms with E-state index in [-0.39, 0.29) is 12.5 Å². The van der Waals surface area contributed by atoms with Crippen LogP contribution in [0.3, 0.4) is 0 Å². The molecule has 0 amide bonds. The van der Waals surface area contributed by atoms with Gasteiger partial charge < -0.3 is 5.32 Å². The summed E-state index contributed by atoms with van der Waals surface area (Å²) in [6.07, 6.45) is 3.81. The summed E-state index contributed by atoms with van der Waals surface area (Å²) < 4.78 is 29.1. The highest BCUT2D eigenvalue weighted by atomic mass is 32.2. The molecule has 1 aliphatic rings. The van der Waals surface area contributed by atoms with Gasteiger partial charge in [0.05, 0.1) is 17.8 Å². The van der Waals surface area contributed by atoms with E-state index in [2.05, 4.69) is 51.2 Å². The predicted molar refractivity (Wildman–Crippen MR) is 152 cm³/mol. The molecule has 0 aliphatic heterocycles. The molecule has 202 valence electrons. The molecule has 0 atom stereocenters. The van der Waals surface area contributed by atoms with Crippen molar-refractivity contribution in [2.45, 2.75) is 56.1 Å². The Bertz CT molecular complexity index is 1460. The number of hydrogen-bond donors (Lipinski definition) is 2. The summed E-state index contributed by atoms with van der Waals surface area (Å²) in [7, 11) is -3.27. The monoisotopic (exact) mass is 571 g/mol. The van der Waals surface area contributed by atoms with Crippen LogP contribution in [0.2, 0.25) is 19.6 Å². The van der Waals surface area contributed by atoms with Crippen molar-refractivity contribution in [3.05, 3.63) is 46.9 Å². The van der Waals surface area contributed by atoms with Gasteiger partial charge in [0.25, 0.3) is 0 Å². The van der Waals surface area contributed by atoms with Crippen LogP contribution in [0.1, 0.15) is 47.6 Å². The predicted octanol–water partition coefficient (Wildman–Crippen LogP) is 3.65. The van der Waals surface area contributed by atoms with Crippen molar-refractivity contribution in [1.82, 2.24) is 29.4 Å². The number of rotatable bonds is 10. The van der Waals surface area contributed by atoms with E-state index >= 15 is 0 Å². The summed E-state index contributed by atoms with van der Waals surface area (Å²) in [5, 5.41) is 9.48. The van der Waals surface area contributed by atoms with Crippen LogP contribution in [0.15, 0.2) is 34.0 Å². The van der Waals surface area contributed by atoms with Crippen LogP contribution >= 0.6 is 11.3 Å². The molecule has 10 nitrogen and oxygen atoms in total. The zero-order valence-electron chi connectivity index (χ0n) is 22.3. The van der Waals surface area contributed by atoms with Gasteiger partial charge in [-0.3, -0.25) is 9.69 Å². The molecule has 0 spiro atoms. The molecule has 13 heteroatoms. The van der Waals surface area contributed by atoms with Gasteiger partial charge in [0.1, 0.15) is 18.1 Å². The first-order valence-corrected chi connectivity index (χ1v) is 18.3. The van der Waals surface area contributed by atoms with Crippen LogP contribution in [-0.4, -0.2) is 67.2 Å². The minimum atomic E-state index is -3.50. The molecule has 1 fully saturated rings. The van der Waals surface area contributed by atoms with Gasteiger partial charge in [0.15, 0.2) is 11.6 Å². The summed E-state index contributed by atoms with van der Waals surface area (Å²) in [4.78, 5) is 23.3. The van der Waals surface area contributed by atoms with Gasteiger partial charge in [-0.15, -0.1) is 22.0 Å². The Morgan fingerprint density at radius 3 is 2.71 bits per heavy atom. The molecule has 0 aromatic carbocycles. The smallest absolute Gasteiger partial charge is 0.250 e. The van der Waals surface area contributed by atoms with Crippen molar-refractivity contribution in [1.29, 1.82) is 0 Å². The van der Waals surface area contributed by atoms with Crippen molar-refractivity contribution in [3.8, 4) is 11.5 Å². The van der Waals surface area contributed by atoms with Gasteiger partial charge in [0.2, 0.25) is 15.9 Å². The first-order chi connectivity index (χ1) is 17.9. The highest BCUT2D eigenvalue weighted by Crippen LogP contribution is 2.41. The maximum atomic E-state index is 12.3. The summed E-state index contributed by atoms with van der Waals surface area (Å²) in [6.45, 7) is 9.15. The summed E-state index contributed by atoms with van der Waals surface area (Å²) in [5.74, 6) is 5.10. The van der Waals surface area contributed by atoms with Crippen LogP contribution in [0.5, 0.6) is 0 Å². The average Bonchev–Trinajstić information content (AvgIpc) is 3.33. The van der Waals surface area contributed by atoms with Crippen molar-refractivity contribution in [3.63, 3.8) is 0 Å². The van der Waals surface area contributed by atoms with Gasteiger partial charge in [-0.2, -0.15) is 0 Å². The summed E-state index contributed by atoms with van der Waals surface area (Å²) >= 11 is 1.18. The number of thiophene rings is 1. The van der Waals surface area contributed by atoms with Gasteiger partial charge >= 0.3 is 0 Å². The Morgan fingerprint density at radius 1 is 1.32 bits per heavy atom. The van der Waals surface area contributed by atoms with E-state index in [0.717, 1.165) is 18.5 Å². The third kappa shape index (κ3) is 7.58. The Hall–Kier alpha value is -2.89. The number of sulfonamides is 1. The summed E-state index contributed by atoms with van der Waals surface area (Å²) in [5.41, 5.74) is 4.93. The van der Waals surface area contributed by atoms with E-state index in [1.165, 1.54) is 22.9 Å². The van der Waals surface area contributed by atoms with Crippen molar-refractivity contribution in [2.24, 2.45) is 0 Å². The number of nitrogens with zero attached hydrogens (tertiary/aromatic N) is 5. The molecule has 3 aromatic heterocycles. The van der Waals surface area contributed by atoms with Crippen LogP contribution in [0.25, 0.3) is 0 Å². The number of carbonyl (C=O) groups is 1. The van der Waals surface area contributed by atoms with Crippen molar-refractivity contribution >= 4 is 47.0 Å². The minimum absolute atomic E-state index is 0.126. The second kappa shape index (κ2) is 11.5. The lowest BCUT2D eigenvalue weighted by molar-refractivity contribution is 0.0917. The molecule has 4 rings (SSSR count). The quantitative estimate of drug-likeness (QED) is 0.279. The Morgan fingerprint density at radius 2 is 2.08 bits per heavy atom. The lowest BCUT2D eigenvalue weighted by atomic mass is 10.3. The molecule has 0 unspecified atom stereocenters. The first kappa shape index (κ1) is 28.1. The molecule has 3 heterocycles. The molecule has 0 saturated heterocycles. The molecule has 3 aromatic rings. The highest BCUT2D eigenvalue weighted by molar-refractivity contribution is 7.91. The van der Waals surface area contributed by atoms with E-state index in [0.29, 0.717) is 46.2 Å². The molecule has 0 radical (unpaired) electrons. The second-order valence-electron chi connectivity index (χ2n) is 10.4. The van der Waals surface area contributed by atoms with E-state index in [9.17, 15) is 13.2 Å². The van der Waals surface area contributed by atoms with Crippen molar-refractivity contribution < 1.29 is 13.2 Å². The Balaban J connectivity index is 1.49. The van der Waals surface area contributed by atoms with Gasteiger partial charge in [-0.05, 0) is 31.3 Å². The molecule has 1 saturated carbocycles. The average molecular weight is 572 g/mol. The van der Waals surface area contributed by atoms with Crippen LogP contribution in [0.4, 0.5) is 11.6 Å². The van der Waals surface area contributed by atoms with Crippen LogP contribution < -0.4 is 10.0 Å². The van der Waals surface area contributed by atoms with E-state index in [1.807, 2.05) is 18.0 Å². The van der Waals surface area contributed by atoms with Gasteiger partial charge in [0, 0.05) is 38.2 Å². The van der Waals surface area contributed by atoms with Crippen LogP contribution in [0, 0.1) is 11.5 Å². The number of anilines is 2. The number of likely N-dealkylation sites (N-methyl/N-ethyl adjacent to an activating group) is 1. The van der Waals surface area contributed by atoms with Crippen LogP contribution in [-0.2, 0) is 16.6 Å². The molecular weight excluding hydrogens is 539 g/mol. The standard InChI is InChI=1S/C25H33N7O3S2Si/c1-18(33)32-21(19-8-9-19)15-22(30-32)28-25-20(10-14-38(3,4)5)16-26-23(29-25)17-31(2)12-11-27-37(34,35)24-7-6-13-36-24/h6-7,13,15-16,19,27H,8-9,11-12,17H2,1-5H3,(H,26,28,29,30). The van der Waals surface area contributed by atoms with E-state index < -0.39 is 18.1 Å². The number of hydrogen-bond acceptors (Lipinski definition) is 9. The third-order valence-electron chi connectivity index (χ3n) is 5.64. The minimum Gasteiger partial charge on any atom is -0.322 e. The zero-order valence-corrected chi connectivity index (χ0v) is 24.9. The molecule has 38 heavy (non-hydrogen) atoms. The first-order valence-electron chi connectivity index (χ1n) is 12.4. The number of aromatic nitrogens is 4. The summed E-state index contributed by atoms with van der Waals surface area (Å²) in [6, 6.07) is 5.20.